The predicted molar refractivity (Wildman–Crippen MR) is 116 cm³/mol. The number of rotatable bonds is 4. The van der Waals surface area contributed by atoms with E-state index in [1.165, 1.54) is 5.56 Å². The van der Waals surface area contributed by atoms with E-state index in [-0.39, 0.29) is 17.9 Å². The Morgan fingerprint density at radius 2 is 1.63 bits per heavy atom. The van der Waals surface area contributed by atoms with E-state index in [1.54, 1.807) is 25.2 Å². The lowest BCUT2D eigenvalue weighted by Gasteiger charge is -2.36. The van der Waals surface area contributed by atoms with Gasteiger partial charge in [-0.05, 0) is 41.5 Å². The van der Waals surface area contributed by atoms with Gasteiger partial charge in [0.25, 0.3) is 0 Å². The van der Waals surface area contributed by atoms with Gasteiger partial charge in [-0.25, -0.2) is 0 Å². The van der Waals surface area contributed by atoms with Crippen molar-refractivity contribution in [2.24, 2.45) is 0 Å². The minimum Gasteiger partial charge on any atom is -0.496 e. The number of carbonyl (C=O) groups excluding carboxylic acids is 1. The number of ether oxygens (including phenoxy) is 2. The zero-order chi connectivity index (χ0) is 21.7. The number of amides is 1. The van der Waals surface area contributed by atoms with Gasteiger partial charge in [0.15, 0.2) is 0 Å². The highest BCUT2D eigenvalue weighted by atomic mass is 16.5. The molecule has 30 heavy (non-hydrogen) atoms. The lowest BCUT2D eigenvalue weighted by molar-refractivity contribution is -0.137. The van der Waals surface area contributed by atoms with Crippen LogP contribution in [0.25, 0.3) is 0 Å². The fraction of sp³-hybridized carbons (Fsp3) is 0.480. The van der Waals surface area contributed by atoms with Crippen molar-refractivity contribution in [2.75, 3.05) is 20.8 Å². The topological polar surface area (TPSA) is 59.0 Å². The zero-order valence-electron chi connectivity index (χ0n) is 18.5. The highest BCUT2D eigenvalue weighted by molar-refractivity contribution is 5.91. The second-order valence-corrected chi connectivity index (χ2v) is 9.47. The normalized spacial score (nSPS) is 19.8. The molecule has 4 rings (SSSR count). The number of fused-ring (bicyclic) bond motifs is 1. The lowest BCUT2D eigenvalue weighted by Crippen LogP contribution is -2.44. The van der Waals surface area contributed by atoms with Crippen LogP contribution in [0.5, 0.6) is 11.5 Å². The minimum absolute atomic E-state index is 0.0789. The largest absolute Gasteiger partial charge is 0.496 e. The third-order valence-corrected chi connectivity index (χ3v) is 6.54. The molecule has 1 aliphatic carbocycles. The number of hydrogen-bond acceptors (Lipinski definition) is 4. The molecule has 0 radical (unpaired) electrons. The van der Waals surface area contributed by atoms with Crippen molar-refractivity contribution in [3.63, 3.8) is 0 Å². The quantitative estimate of drug-likeness (QED) is 0.826. The van der Waals surface area contributed by atoms with Crippen LogP contribution in [0.3, 0.4) is 0 Å². The first-order valence-electron chi connectivity index (χ1n) is 10.5. The first-order valence-corrected chi connectivity index (χ1v) is 10.5. The maximum Gasteiger partial charge on any atom is 0.233 e. The summed E-state index contributed by atoms with van der Waals surface area (Å²) in [6.45, 7) is 7.24. The molecule has 1 unspecified atom stereocenters. The maximum absolute atomic E-state index is 13.6. The van der Waals surface area contributed by atoms with Crippen LogP contribution < -0.4 is 9.47 Å². The first-order chi connectivity index (χ1) is 14.2. The third kappa shape index (κ3) is 3.35. The third-order valence-electron chi connectivity index (χ3n) is 6.54. The van der Waals surface area contributed by atoms with Gasteiger partial charge in [-0.3, -0.25) is 4.79 Å². The minimum atomic E-state index is -0.804. The van der Waals surface area contributed by atoms with E-state index in [9.17, 15) is 9.90 Å². The van der Waals surface area contributed by atoms with Crippen molar-refractivity contribution in [1.29, 1.82) is 0 Å². The van der Waals surface area contributed by atoms with Gasteiger partial charge in [0.2, 0.25) is 5.91 Å². The van der Waals surface area contributed by atoms with Gasteiger partial charge in [-0.1, -0.05) is 45.0 Å². The molecule has 2 aromatic carbocycles. The molecule has 160 valence electrons. The second kappa shape index (κ2) is 7.31. The lowest BCUT2D eigenvalue weighted by atomic mass is 9.84. The zero-order valence-corrected chi connectivity index (χ0v) is 18.5. The van der Waals surface area contributed by atoms with Crippen LogP contribution in [0.2, 0.25) is 0 Å². The summed E-state index contributed by atoms with van der Waals surface area (Å²) in [6, 6.07) is 12.1. The number of carbonyl (C=O) groups is 1. The Balaban J connectivity index is 1.64. The van der Waals surface area contributed by atoms with E-state index < -0.39 is 11.5 Å². The molecule has 1 fully saturated rings. The Kier molecular flexibility index (Phi) is 5.05. The Hall–Kier alpha value is -2.53. The van der Waals surface area contributed by atoms with Crippen LogP contribution in [-0.2, 0) is 22.2 Å². The number of methoxy groups -OCH3 is 2. The Morgan fingerprint density at radius 1 is 1.03 bits per heavy atom. The highest BCUT2D eigenvalue weighted by Gasteiger charge is 2.53. The van der Waals surface area contributed by atoms with Crippen molar-refractivity contribution < 1.29 is 19.4 Å². The van der Waals surface area contributed by atoms with Gasteiger partial charge in [-0.15, -0.1) is 0 Å². The predicted octanol–water partition coefficient (Wildman–Crippen LogP) is 4.11. The van der Waals surface area contributed by atoms with Gasteiger partial charge in [0, 0.05) is 17.7 Å². The van der Waals surface area contributed by atoms with Gasteiger partial charge in [0.1, 0.15) is 17.6 Å². The standard InChI is InChI=1S/C25H31NO4/c1-24(2,3)16-6-8-17(9-7-16)25(12-13-25)23(28)26-14-18-20(29-4)10-11-21(30-5)22(18)19(27)15-26/h6-11,19,27H,12-15H2,1-5H3. The number of nitrogens with zero attached hydrogens (tertiary/aromatic N) is 1. The average molecular weight is 410 g/mol. The summed E-state index contributed by atoms with van der Waals surface area (Å²) in [5.74, 6) is 1.38. The van der Waals surface area contributed by atoms with Crippen LogP contribution in [-0.4, -0.2) is 36.7 Å². The molecule has 0 bridgehead atoms. The molecule has 2 aliphatic rings. The Labute approximate surface area is 178 Å². The van der Waals surface area contributed by atoms with Crippen molar-refractivity contribution in [2.45, 2.75) is 57.1 Å². The van der Waals surface area contributed by atoms with Crippen LogP contribution in [0.4, 0.5) is 0 Å². The molecule has 5 nitrogen and oxygen atoms in total. The van der Waals surface area contributed by atoms with Crippen molar-refractivity contribution in [3.8, 4) is 11.5 Å². The SMILES string of the molecule is COc1ccc(OC)c2c1CN(C(=O)C1(c3ccc(C(C)(C)C)cc3)CC1)CC2O. The molecule has 1 amide bonds. The van der Waals surface area contributed by atoms with E-state index in [0.29, 0.717) is 18.0 Å². The molecule has 0 spiro atoms. The van der Waals surface area contributed by atoms with E-state index in [4.69, 9.17) is 9.47 Å². The van der Waals surface area contributed by atoms with E-state index in [2.05, 4.69) is 45.0 Å². The molecule has 5 heteroatoms. The molecule has 2 aromatic rings. The van der Waals surface area contributed by atoms with Crippen molar-refractivity contribution in [1.82, 2.24) is 4.90 Å². The van der Waals surface area contributed by atoms with Crippen molar-refractivity contribution in [3.05, 3.63) is 58.7 Å². The summed E-state index contributed by atoms with van der Waals surface area (Å²) < 4.78 is 11.0. The summed E-state index contributed by atoms with van der Waals surface area (Å²) in [4.78, 5) is 15.4. The van der Waals surface area contributed by atoms with Crippen LogP contribution >= 0.6 is 0 Å². The summed E-state index contributed by atoms with van der Waals surface area (Å²) in [7, 11) is 3.20. The molecular weight excluding hydrogens is 378 g/mol. The number of aliphatic hydroxyl groups is 1. The molecule has 1 heterocycles. The van der Waals surface area contributed by atoms with E-state index >= 15 is 0 Å². The summed E-state index contributed by atoms with van der Waals surface area (Å²) in [6.07, 6.45) is 0.881. The number of hydrogen-bond donors (Lipinski definition) is 1. The van der Waals surface area contributed by atoms with E-state index in [1.807, 2.05) is 6.07 Å². The molecule has 0 aromatic heterocycles. The Bertz CT molecular complexity index is 954. The second-order valence-electron chi connectivity index (χ2n) is 9.47. The van der Waals surface area contributed by atoms with Crippen molar-refractivity contribution >= 4 is 5.91 Å². The number of aliphatic hydroxyl groups excluding tert-OH is 1. The first kappa shape index (κ1) is 20.7. The highest BCUT2D eigenvalue weighted by Crippen LogP contribution is 2.51. The molecule has 1 N–H and O–H groups in total. The smallest absolute Gasteiger partial charge is 0.233 e. The maximum atomic E-state index is 13.6. The van der Waals surface area contributed by atoms with Gasteiger partial charge in [-0.2, -0.15) is 0 Å². The molecule has 1 saturated carbocycles. The summed E-state index contributed by atoms with van der Waals surface area (Å²) in [5, 5.41) is 10.9. The number of benzene rings is 2. The number of β-amino-alcohol motifs (C(OH)–C–C–N with tert-alkyl or cyclic N) is 1. The fourth-order valence-electron chi connectivity index (χ4n) is 4.57. The fourth-order valence-corrected chi connectivity index (χ4v) is 4.57. The van der Waals surface area contributed by atoms with E-state index in [0.717, 1.165) is 29.5 Å². The van der Waals surface area contributed by atoms with Gasteiger partial charge in [0.05, 0.1) is 26.2 Å². The monoisotopic (exact) mass is 409 g/mol. The summed E-state index contributed by atoms with van der Waals surface area (Å²) >= 11 is 0. The van der Waals surface area contributed by atoms with Crippen LogP contribution in [0.1, 0.15) is 62.0 Å². The summed E-state index contributed by atoms with van der Waals surface area (Å²) in [5.41, 5.74) is 3.48. The Morgan fingerprint density at radius 3 is 2.17 bits per heavy atom. The molecule has 0 saturated heterocycles. The van der Waals surface area contributed by atoms with Gasteiger partial charge < -0.3 is 19.5 Å². The molecule has 1 aliphatic heterocycles. The van der Waals surface area contributed by atoms with Gasteiger partial charge >= 0.3 is 0 Å². The van der Waals surface area contributed by atoms with Crippen LogP contribution in [0, 0.1) is 0 Å². The van der Waals surface area contributed by atoms with Crippen LogP contribution in [0.15, 0.2) is 36.4 Å². The average Bonchev–Trinajstić information content (AvgIpc) is 3.53. The molecule has 1 atom stereocenters. The molecular formula is C25H31NO4.